The molecule has 27 heavy (non-hydrogen) atoms. The summed E-state index contributed by atoms with van der Waals surface area (Å²) in [5, 5.41) is 2.49. The van der Waals surface area contributed by atoms with Gasteiger partial charge in [-0.1, -0.05) is 11.8 Å². The molecule has 3 aliphatic heterocycles. The molecule has 5 rings (SSSR count). The van der Waals surface area contributed by atoms with Crippen LogP contribution in [0.15, 0.2) is 63.4 Å². The monoisotopic (exact) mass is 381 g/mol. The van der Waals surface area contributed by atoms with Gasteiger partial charge in [0, 0.05) is 11.5 Å². The first kappa shape index (κ1) is 17.2. The predicted molar refractivity (Wildman–Crippen MR) is 110 cm³/mol. The fourth-order valence-electron chi connectivity index (χ4n) is 4.07. The maximum Gasteiger partial charge on any atom is 0.225 e. The lowest BCUT2D eigenvalue weighted by molar-refractivity contribution is -0.746. The van der Waals surface area contributed by atoms with Crippen molar-refractivity contribution in [3.05, 3.63) is 48.6 Å². The number of aliphatic imine (C=N–C) groups is 2. The van der Waals surface area contributed by atoms with Gasteiger partial charge in [-0.25, -0.2) is 10.0 Å². The summed E-state index contributed by atoms with van der Waals surface area (Å²) in [4.78, 5) is 10.1. The quantitative estimate of drug-likeness (QED) is 0.685. The molecule has 6 heteroatoms. The van der Waals surface area contributed by atoms with Crippen molar-refractivity contribution < 1.29 is 9.33 Å². The van der Waals surface area contributed by atoms with E-state index in [1.54, 1.807) is 0 Å². The van der Waals surface area contributed by atoms with Gasteiger partial charge in [-0.2, -0.15) is 0 Å². The molecule has 1 aromatic rings. The van der Waals surface area contributed by atoms with Crippen molar-refractivity contribution in [3.63, 3.8) is 0 Å². The van der Waals surface area contributed by atoms with E-state index in [9.17, 15) is 0 Å². The van der Waals surface area contributed by atoms with Crippen molar-refractivity contribution in [1.82, 2.24) is 0 Å². The molecule has 140 valence electrons. The zero-order chi connectivity index (χ0) is 18.1. The minimum atomic E-state index is 0.302. The normalized spacial score (nSPS) is 29.3. The van der Waals surface area contributed by atoms with Gasteiger partial charge in [0.05, 0.1) is 30.3 Å². The van der Waals surface area contributed by atoms with Crippen molar-refractivity contribution in [1.29, 1.82) is 0 Å². The van der Waals surface area contributed by atoms with Crippen molar-refractivity contribution in [3.8, 4) is 0 Å². The van der Waals surface area contributed by atoms with Crippen molar-refractivity contribution in [2.24, 2.45) is 9.98 Å². The van der Waals surface area contributed by atoms with Crippen LogP contribution in [0.5, 0.6) is 0 Å². The lowest BCUT2D eigenvalue weighted by Gasteiger charge is -2.46. The molecule has 0 spiro atoms. The van der Waals surface area contributed by atoms with E-state index < -0.39 is 0 Å². The van der Waals surface area contributed by atoms with Crippen molar-refractivity contribution in [2.75, 3.05) is 11.6 Å². The van der Waals surface area contributed by atoms with Crippen molar-refractivity contribution in [2.45, 2.75) is 54.9 Å². The molecule has 0 radical (unpaired) electrons. The summed E-state index contributed by atoms with van der Waals surface area (Å²) in [7, 11) is 0. The van der Waals surface area contributed by atoms with Crippen LogP contribution in [0.2, 0.25) is 0 Å². The number of hydrogen-bond acceptors (Lipinski definition) is 5. The standard InChI is InChI=1S/C21H25N4OS/c1-2-13-26-21(6-1)27-20-9-7-18(8-10-20)24(17-4-3-5-17)25-12-11-22-14-19(25)15-23-16-25/h7-12,14-17,21H,1-6,13H2/q+1. The Morgan fingerprint density at radius 2 is 1.93 bits per heavy atom. The Morgan fingerprint density at radius 3 is 2.67 bits per heavy atom. The molecule has 3 heterocycles. The van der Waals surface area contributed by atoms with E-state index >= 15 is 0 Å². The number of quaternary nitrogens is 1. The van der Waals surface area contributed by atoms with Crippen LogP contribution in [0.25, 0.3) is 0 Å². The van der Waals surface area contributed by atoms with Crippen LogP contribution in [0, 0.1) is 0 Å². The van der Waals surface area contributed by atoms with E-state index in [1.165, 1.54) is 42.7 Å². The van der Waals surface area contributed by atoms with Crippen LogP contribution in [-0.2, 0) is 4.74 Å². The van der Waals surface area contributed by atoms with Crippen LogP contribution in [0.3, 0.4) is 0 Å². The van der Waals surface area contributed by atoms with Crippen LogP contribution < -0.4 is 5.01 Å². The second-order valence-corrected chi connectivity index (χ2v) is 8.70. The summed E-state index contributed by atoms with van der Waals surface area (Å²) in [6.45, 7) is 0.896. The highest BCUT2D eigenvalue weighted by molar-refractivity contribution is 7.99. The fourth-order valence-corrected chi connectivity index (χ4v) is 5.11. The molecule has 1 aromatic carbocycles. The summed E-state index contributed by atoms with van der Waals surface area (Å²) in [5.41, 5.74) is 2.63. The third kappa shape index (κ3) is 3.16. The molecule has 1 saturated heterocycles. The number of ether oxygens (including phenoxy) is 1. The number of allylic oxidation sites excluding steroid dienone is 1. The van der Waals surface area contributed by atoms with E-state index in [1.807, 2.05) is 36.7 Å². The van der Waals surface area contributed by atoms with Gasteiger partial charge in [0.15, 0.2) is 6.20 Å². The summed E-state index contributed by atoms with van der Waals surface area (Å²) < 4.78 is 6.40. The van der Waals surface area contributed by atoms with E-state index in [0.717, 1.165) is 18.7 Å². The molecule has 5 nitrogen and oxygen atoms in total. The Labute approximate surface area is 164 Å². The minimum Gasteiger partial charge on any atom is -0.367 e. The molecular weight excluding hydrogens is 356 g/mol. The minimum absolute atomic E-state index is 0.302. The molecule has 4 aliphatic rings. The average Bonchev–Trinajstić information content (AvgIpc) is 3.11. The van der Waals surface area contributed by atoms with Crippen molar-refractivity contribution >= 4 is 30.0 Å². The highest BCUT2D eigenvalue weighted by atomic mass is 32.2. The van der Waals surface area contributed by atoms with E-state index in [2.05, 4.69) is 45.5 Å². The highest BCUT2D eigenvalue weighted by Crippen LogP contribution is 2.40. The van der Waals surface area contributed by atoms with Gasteiger partial charge < -0.3 is 4.74 Å². The summed E-state index contributed by atoms with van der Waals surface area (Å²) in [6, 6.07) is 9.50. The van der Waals surface area contributed by atoms with Gasteiger partial charge in [0.1, 0.15) is 5.44 Å². The topological polar surface area (TPSA) is 37.2 Å². The smallest absolute Gasteiger partial charge is 0.225 e. The number of nitrogens with zero attached hydrogens (tertiary/aromatic N) is 4. The Morgan fingerprint density at radius 1 is 1.04 bits per heavy atom. The number of thioether (sulfide) groups is 1. The fraction of sp³-hybridized carbons (Fsp3) is 0.429. The Hall–Kier alpha value is -1.89. The number of benzene rings is 1. The maximum atomic E-state index is 5.88. The first-order valence-electron chi connectivity index (χ1n) is 9.88. The number of fused-ring (bicyclic) bond motifs is 1. The lowest BCUT2D eigenvalue weighted by Crippen LogP contribution is -2.61. The number of rotatable bonds is 5. The van der Waals surface area contributed by atoms with E-state index in [-0.39, 0.29) is 0 Å². The van der Waals surface area contributed by atoms with E-state index in [4.69, 9.17) is 4.74 Å². The Balaban J connectivity index is 1.41. The average molecular weight is 382 g/mol. The summed E-state index contributed by atoms with van der Waals surface area (Å²) >= 11 is 1.85. The van der Waals surface area contributed by atoms with Gasteiger partial charge in [0.25, 0.3) is 0 Å². The van der Waals surface area contributed by atoms with Gasteiger partial charge in [0.2, 0.25) is 12.0 Å². The third-order valence-corrected chi connectivity index (χ3v) is 6.91. The Bertz CT molecular complexity index is 806. The maximum absolute atomic E-state index is 5.88. The zero-order valence-electron chi connectivity index (χ0n) is 15.4. The van der Waals surface area contributed by atoms with E-state index in [0.29, 0.717) is 16.1 Å². The zero-order valence-corrected chi connectivity index (χ0v) is 16.2. The largest absolute Gasteiger partial charge is 0.367 e. The van der Waals surface area contributed by atoms with Gasteiger partial charge >= 0.3 is 0 Å². The Kier molecular flexibility index (Phi) is 4.63. The van der Waals surface area contributed by atoms with Crippen LogP contribution in [0.1, 0.15) is 38.5 Å². The van der Waals surface area contributed by atoms with Crippen LogP contribution in [0.4, 0.5) is 5.69 Å². The SMILES string of the molecule is C1=C[N+]2(N(c3ccc(SC4CCCCO4)cc3)C3CCC3)C=NC=C2C=N1. The second kappa shape index (κ2) is 7.26. The third-order valence-electron chi connectivity index (χ3n) is 5.73. The molecule has 0 aromatic heterocycles. The van der Waals surface area contributed by atoms with Gasteiger partial charge in [-0.3, -0.25) is 4.99 Å². The summed E-state index contributed by atoms with van der Waals surface area (Å²) in [5.74, 6) is 0. The number of anilines is 1. The predicted octanol–water partition coefficient (Wildman–Crippen LogP) is 4.83. The molecule has 2 atom stereocenters. The molecule has 2 fully saturated rings. The van der Waals surface area contributed by atoms with Crippen LogP contribution >= 0.6 is 11.8 Å². The number of hydrogen-bond donors (Lipinski definition) is 0. The lowest BCUT2D eigenvalue weighted by atomic mass is 9.92. The van der Waals surface area contributed by atoms with Gasteiger partial charge in [-0.15, -0.1) is 4.59 Å². The molecule has 1 saturated carbocycles. The highest BCUT2D eigenvalue weighted by Gasteiger charge is 2.46. The second-order valence-electron chi connectivity index (χ2n) is 7.47. The van der Waals surface area contributed by atoms with Crippen LogP contribution in [-0.4, -0.2) is 35.2 Å². The van der Waals surface area contributed by atoms with Gasteiger partial charge in [-0.05, 0) is 62.8 Å². The summed E-state index contributed by atoms with van der Waals surface area (Å²) in [6.07, 6.45) is 17.2. The first-order chi connectivity index (χ1) is 13.4. The first-order valence-corrected chi connectivity index (χ1v) is 10.8. The molecule has 0 amide bonds. The molecular formula is C21H25N4OS+. The molecule has 0 N–H and O–H groups in total. The molecule has 1 aliphatic carbocycles. The molecule has 2 unspecified atom stereocenters. The molecule has 0 bridgehead atoms.